The van der Waals surface area contributed by atoms with Gasteiger partial charge in [0.25, 0.3) is 0 Å². The molecule has 2 aliphatic rings. The Labute approximate surface area is 189 Å². The molecule has 2 heterocycles. The molecule has 1 amide bonds. The van der Waals surface area contributed by atoms with Crippen molar-refractivity contribution in [2.24, 2.45) is 5.73 Å². The molecular weight excluding hydrogens is 471 g/mol. The normalized spacial score (nSPS) is 40.9. The summed E-state index contributed by atoms with van der Waals surface area (Å²) >= 11 is 0. The number of carbonyl (C=O) groups is 1. The number of ether oxygens (including phenoxy) is 3. The molecule has 2 unspecified atom stereocenters. The minimum absolute atomic E-state index is 0.200. The Kier molecular flexibility index (Phi) is 10.1. The summed E-state index contributed by atoms with van der Waals surface area (Å²) in [6.45, 7) is 2.20. The highest BCUT2D eigenvalue weighted by atomic mass is 31.2. The number of phosphoric acid groups is 1. The van der Waals surface area contributed by atoms with Crippen molar-refractivity contribution in [3.8, 4) is 0 Å². The fraction of sp³-hybridized carbons (Fsp3) is 0.941. The van der Waals surface area contributed by atoms with E-state index in [1.165, 1.54) is 0 Å². The van der Waals surface area contributed by atoms with Crippen molar-refractivity contribution in [2.75, 3.05) is 13.2 Å². The maximum atomic E-state index is 11.7. The highest BCUT2D eigenvalue weighted by Crippen LogP contribution is 2.42. The van der Waals surface area contributed by atoms with Crippen molar-refractivity contribution in [3.05, 3.63) is 0 Å². The first-order valence-corrected chi connectivity index (χ1v) is 11.9. The van der Waals surface area contributed by atoms with Crippen molar-refractivity contribution < 1.29 is 63.4 Å². The molecule has 15 nitrogen and oxygen atoms in total. The van der Waals surface area contributed by atoms with Crippen LogP contribution in [0.1, 0.15) is 20.3 Å². The average molecular weight is 504 g/mol. The van der Waals surface area contributed by atoms with Crippen LogP contribution in [-0.4, -0.2) is 122 Å². The van der Waals surface area contributed by atoms with Crippen molar-refractivity contribution >= 4 is 13.7 Å². The number of nitrogens with one attached hydrogen (secondary N) is 1. The molecule has 2 rings (SSSR count). The lowest BCUT2D eigenvalue weighted by Gasteiger charge is -2.49. The molecule has 2 aliphatic heterocycles. The summed E-state index contributed by atoms with van der Waals surface area (Å²) < 4.78 is 32.4. The van der Waals surface area contributed by atoms with E-state index in [1.807, 2.05) is 6.92 Å². The highest BCUT2D eigenvalue weighted by Gasteiger charge is 2.55. The van der Waals surface area contributed by atoms with Crippen LogP contribution in [0.25, 0.3) is 0 Å². The summed E-state index contributed by atoms with van der Waals surface area (Å²) in [7, 11) is -5.15. The SMILES string of the molecule is CCCOC1O[C@H](C(O)[C@@H]2O[C@H](CO)[C@@H](OP(=O)(O)O)[C@H](O)[C@H]2NC(C)=O)[C@@H](O)[C@H](O)[C@H]1N. The fourth-order valence-electron chi connectivity index (χ4n) is 3.88. The molecule has 2 saturated heterocycles. The minimum Gasteiger partial charge on any atom is -0.394 e. The standard InChI is InChI=1S/C17H33N2O13P/c1-3-4-29-17-8(18)10(22)12(24)16(31-17)13(25)15-9(19-6(2)21)11(23)14(7(5-20)30-15)32-33(26,27)28/h7-17,20,22-25H,3-5,18H2,1-2H3,(H,19,21)(H2,26,27,28)/t7-,8-,9-,10-,11-,12+,13?,14-,15-,16+,17?/m1/s1. The Morgan fingerprint density at radius 3 is 2.30 bits per heavy atom. The topological polar surface area (TPSA) is 251 Å². The summed E-state index contributed by atoms with van der Waals surface area (Å²) in [6.07, 6.45) is -14.1. The number of aliphatic hydroxyl groups is 5. The largest absolute Gasteiger partial charge is 0.470 e. The number of aliphatic hydroxyl groups excluding tert-OH is 5. The van der Waals surface area contributed by atoms with E-state index >= 15 is 0 Å². The van der Waals surface area contributed by atoms with Crippen LogP contribution in [0.15, 0.2) is 0 Å². The zero-order valence-electron chi connectivity index (χ0n) is 18.1. The van der Waals surface area contributed by atoms with Crippen molar-refractivity contribution in [1.29, 1.82) is 0 Å². The van der Waals surface area contributed by atoms with Crippen molar-refractivity contribution in [1.82, 2.24) is 5.32 Å². The monoisotopic (exact) mass is 504 g/mol. The average Bonchev–Trinajstić information content (AvgIpc) is 2.73. The van der Waals surface area contributed by atoms with Gasteiger partial charge in [0.2, 0.25) is 5.91 Å². The minimum atomic E-state index is -5.15. The molecule has 0 aromatic heterocycles. The Hall–Kier alpha value is -0.780. The first kappa shape index (κ1) is 28.5. The predicted octanol–water partition coefficient (Wildman–Crippen LogP) is -4.35. The summed E-state index contributed by atoms with van der Waals surface area (Å²) in [5, 5.41) is 54.4. The van der Waals surface area contributed by atoms with Crippen LogP contribution in [0, 0.1) is 0 Å². The zero-order chi connectivity index (χ0) is 25.1. The Morgan fingerprint density at radius 2 is 1.79 bits per heavy atom. The Balaban J connectivity index is 2.33. The maximum Gasteiger partial charge on any atom is 0.470 e. The van der Waals surface area contributed by atoms with E-state index < -0.39 is 87.5 Å². The maximum absolute atomic E-state index is 11.7. The molecule has 0 aromatic rings. The van der Waals surface area contributed by atoms with Crippen molar-refractivity contribution in [2.45, 2.75) is 87.5 Å². The highest BCUT2D eigenvalue weighted by molar-refractivity contribution is 7.46. The summed E-state index contributed by atoms with van der Waals surface area (Å²) in [5.74, 6) is -0.700. The van der Waals surface area contributed by atoms with Gasteiger partial charge in [-0.25, -0.2) is 4.57 Å². The third kappa shape index (κ3) is 6.89. The van der Waals surface area contributed by atoms with E-state index in [9.17, 15) is 34.9 Å². The smallest absolute Gasteiger partial charge is 0.394 e. The lowest BCUT2D eigenvalue weighted by molar-refractivity contribution is -0.297. The molecule has 194 valence electrons. The first-order chi connectivity index (χ1) is 15.3. The molecule has 0 saturated carbocycles. The predicted molar refractivity (Wildman–Crippen MR) is 107 cm³/mol. The molecule has 0 aromatic carbocycles. The summed E-state index contributed by atoms with van der Waals surface area (Å²) in [6, 6.07) is -2.67. The number of phosphoric ester groups is 1. The Bertz CT molecular complexity index is 696. The van der Waals surface area contributed by atoms with E-state index in [2.05, 4.69) is 9.84 Å². The second kappa shape index (κ2) is 11.8. The van der Waals surface area contributed by atoms with Gasteiger partial charge in [0.1, 0.15) is 48.8 Å². The van der Waals surface area contributed by atoms with E-state index in [1.54, 1.807) is 0 Å². The van der Waals surface area contributed by atoms with Crippen molar-refractivity contribution in [3.63, 3.8) is 0 Å². The van der Waals surface area contributed by atoms with E-state index in [4.69, 9.17) is 29.7 Å². The molecule has 10 N–H and O–H groups in total. The third-order valence-corrected chi connectivity index (χ3v) is 5.93. The number of amides is 1. The fourth-order valence-corrected chi connectivity index (χ4v) is 4.45. The van der Waals surface area contributed by atoms with Crippen LogP contribution in [0.5, 0.6) is 0 Å². The molecule has 33 heavy (non-hydrogen) atoms. The molecule has 16 heteroatoms. The number of nitrogens with two attached hydrogens (primary N) is 1. The quantitative estimate of drug-likeness (QED) is 0.135. The molecule has 0 bridgehead atoms. The van der Waals surface area contributed by atoms with Gasteiger partial charge in [-0.3, -0.25) is 9.32 Å². The van der Waals surface area contributed by atoms with E-state index in [0.29, 0.717) is 6.42 Å². The number of carbonyl (C=O) groups excluding carboxylic acids is 1. The van der Waals surface area contributed by atoms with Crippen LogP contribution in [0.2, 0.25) is 0 Å². The second-order valence-electron chi connectivity index (χ2n) is 7.99. The van der Waals surface area contributed by atoms with E-state index in [-0.39, 0.29) is 6.61 Å². The van der Waals surface area contributed by atoms with Crippen LogP contribution < -0.4 is 11.1 Å². The number of hydrogen-bond donors (Lipinski definition) is 9. The molecule has 2 fully saturated rings. The van der Waals surface area contributed by atoms with Gasteiger partial charge in [-0.1, -0.05) is 6.92 Å². The molecule has 0 spiro atoms. The third-order valence-electron chi connectivity index (χ3n) is 5.41. The van der Waals surface area contributed by atoms with Gasteiger partial charge < -0.3 is 60.6 Å². The second-order valence-corrected chi connectivity index (χ2v) is 9.18. The van der Waals surface area contributed by atoms with Crippen LogP contribution in [-0.2, 0) is 28.1 Å². The van der Waals surface area contributed by atoms with Gasteiger partial charge in [-0.2, -0.15) is 0 Å². The lowest BCUT2D eigenvalue weighted by atomic mass is 9.85. The summed E-state index contributed by atoms with van der Waals surface area (Å²) in [4.78, 5) is 30.0. The first-order valence-electron chi connectivity index (χ1n) is 10.3. The Morgan fingerprint density at radius 1 is 1.15 bits per heavy atom. The number of hydrogen-bond acceptors (Lipinski definition) is 12. The summed E-state index contributed by atoms with van der Waals surface area (Å²) in [5.41, 5.74) is 5.84. The van der Waals surface area contributed by atoms with Gasteiger partial charge in [-0.15, -0.1) is 0 Å². The van der Waals surface area contributed by atoms with Gasteiger partial charge >= 0.3 is 7.82 Å². The van der Waals surface area contributed by atoms with Gasteiger partial charge in [0, 0.05) is 13.5 Å². The van der Waals surface area contributed by atoms with Gasteiger partial charge in [0.05, 0.1) is 18.7 Å². The van der Waals surface area contributed by atoms with Crippen LogP contribution in [0.4, 0.5) is 0 Å². The van der Waals surface area contributed by atoms with Gasteiger partial charge in [0.15, 0.2) is 6.29 Å². The van der Waals surface area contributed by atoms with Crippen LogP contribution in [0.3, 0.4) is 0 Å². The number of rotatable bonds is 9. The van der Waals surface area contributed by atoms with E-state index in [0.717, 1.165) is 6.92 Å². The molecule has 0 radical (unpaired) electrons. The zero-order valence-corrected chi connectivity index (χ0v) is 19.0. The van der Waals surface area contributed by atoms with Crippen LogP contribution >= 0.6 is 7.82 Å². The lowest BCUT2D eigenvalue weighted by Crippen LogP contribution is -2.71. The molecular formula is C17H33N2O13P. The van der Waals surface area contributed by atoms with Gasteiger partial charge in [-0.05, 0) is 6.42 Å². The molecule has 11 atom stereocenters. The molecule has 0 aliphatic carbocycles.